The van der Waals surface area contributed by atoms with Crippen LogP contribution in [-0.2, 0) is 14.3 Å². The Labute approximate surface area is 198 Å². The van der Waals surface area contributed by atoms with Gasteiger partial charge in [-0.1, -0.05) is 61.4 Å². The maximum Gasteiger partial charge on any atom is 0.407 e. The lowest BCUT2D eigenvalue weighted by molar-refractivity contribution is -0.140. The van der Waals surface area contributed by atoms with Crippen LogP contribution in [0, 0.1) is 0 Å². The van der Waals surface area contributed by atoms with Gasteiger partial charge in [-0.2, -0.15) is 0 Å². The van der Waals surface area contributed by atoms with Crippen LogP contribution in [0.15, 0.2) is 48.5 Å². The molecule has 0 heterocycles. The van der Waals surface area contributed by atoms with Crippen molar-refractivity contribution in [2.75, 3.05) is 13.2 Å². The third kappa shape index (κ3) is 5.07. The molecule has 2 aliphatic rings. The zero-order valence-corrected chi connectivity index (χ0v) is 19.0. The molecule has 1 unspecified atom stereocenters. The van der Waals surface area contributed by atoms with Gasteiger partial charge in [0.25, 0.3) is 0 Å². The van der Waals surface area contributed by atoms with Crippen LogP contribution in [0.4, 0.5) is 4.79 Å². The Morgan fingerprint density at radius 3 is 2.15 bits per heavy atom. The molecule has 2 aromatic rings. The molecule has 2 amide bonds. The molecule has 1 fully saturated rings. The zero-order valence-electron chi connectivity index (χ0n) is 19.0. The molecule has 8 heteroatoms. The summed E-state index contributed by atoms with van der Waals surface area (Å²) in [5.41, 5.74) is 3.75. The predicted octanol–water partition coefficient (Wildman–Crippen LogP) is 3.18. The number of rotatable bonds is 9. The number of carbonyl (C=O) groups is 3. The molecule has 1 atom stereocenters. The highest BCUT2D eigenvalue weighted by atomic mass is 16.5. The van der Waals surface area contributed by atoms with Gasteiger partial charge in [-0.05, 0) is 41.5 Å². The average Bonchev–Trinajstić information content (AvgIpc) is 3.40. The fourth-order valence-corrected chi connectivity index (χ4v) is 5.22. The van der Waals surface area contributed by atoms with Crippen molar-refractivity contribution in [2.45, 2.75) is 56.0 Å². The standard InChI is InChI=1S/C26H30N2O6/c29-14-13-26(11-5-6-12-26)28-24(32)22(15-23(30)31)27-25(33)34-16-21-19-9-3-1-7-17(19)18-8-2-4-10-20(18)21/h1-4,7-10,21-22,29H,5-6,11-16H2,(H,27,33)(H,28,32)(H,30,31). The number of carbonyl (C=O) groups excluding carboxylic acids is 2. The zero-order chi connectivity index (χ0) is 24.1. The Hall–Kier alpha value is -3.39. The molecule has 8 nitrogen and oxygen atoms in total. The van der Waals surface area contributed by atoms with E-state index in [9.17, 15) is 24.6 Å². The molecule has 34 heavy (non-hydrogen) atoms. The van der Waals surface area contributed by atoms with Crippen LogP contribution in [0.2, 0.25) is 0 Å². The highest BCUT2D eigenvalue weighted by Gasteiger charge is 2.37. The fraction of sp³-hybridized carbons (Fsp3) is 0.423. The van der Waals surface area contributed by atoms with Crippen molar-refractivity contribution < 1.29 is 29.3 Å². The number of aliphatic hydroxyl groups excluding tert-OH is 1. The van der Waals surface area contributed by atoms with E-state index in [1.54, 1.807) is 0 Å². The number of aliphatic hydroxyl groups is 1. The van der Waals surface area contributed by atoms with Gasteiger partial charge in [-0.15, -0.1) is 0 Å². The number of benzene rings is 2. The number of ether oxygens (including phenoxy) is 1. The van der Waals surface area contributed by atoms with E-state index in [2.05, 4.69) is 10.6 Å². The lowest BCUT2D eigenvalue weighted by Crippen LogP contribution is -2.55. The molecule has 4 rings (SSSR count). The van der Waals surface area contributed by atoms with Crippen LogP contribution in [0.5, 0.6) is 0 Å². The van der Waals surface area contributed by atoms with Gasteiger partial charge in [-0.25, -0.2) is 4.79 Å². The van der Waals surface area contributed by atoms with Gasteiger partial charge in [0.05, 0.1) is 6.42 Å². The Kier molecular flexibility index (Phi) is 7.17. The number of alkyl carbamates (subject to hydrolysis) is 1. The Morgan fingerprint density at radius 1 is 1.00 bits per heavy atom. The lowest BCUT2D eigenvalue weighted by atomic mass is 9.93. The van der Waals surface area contributed by atoms with E-state index in [0.29, 0.717) is 19.3 Å². The third-order valence-corrected chi connectivity index (χ3v) is 6.87. The number of fused-ring (bicyclic) bond motifs is 3. The second-order valence-corrected chi connectivity index (χ2v) is 9.07. The molecule has 2 aliphatic carbocycles. The van der Waals surface area contributed by atoms with Crippen molar-refractivity contribution >= 4 is 18.0 Å². The van der Waals surface area contributed by atoms with Gasteiger partial charge in [0.1, 0.15) is 12.6 Å². The van der Waals surface area contributed by atoms with Crippen molar-refractivity contribution in [3.05, 3.63) is 59.7 Å². The van der Waals surface area contributed by atoms with E-state index < -0.39 is 36.0 Å². The molecule has 0 spiro atoms. The second kappa shape index (κ2) is 10.3. The Bertz CT molecular complexity index is 1020. The maximum atomic E-state index is 12.9. The molecular formula is C26H30N2O6. The number of hydrogen-bond acceptors (Lipinski definition) is 5. The van der Waals surface area contributed by atoms with Gasteiger partial charge >= 0.3 is 12.1 Å². The van der Waals surface area contributed by atoms with E-state index >= 15 is 0 Å². The summed E-state index contributed by atoms with van der Waals surface area (Å²) in [6, 6.07) is 14.6. The summed E-state index contributed by atoms with van der Waals surface area (Å²) in [7, 11) is 0. The quantitative estimate of drug-likeness (QED) is 0.450. The number of amides is 2. The predicted molar refractivity (Wildman–Crippen MR) is 125 cm³/mol. The Morgan fingerprint density at radius 2 is 1.59 bits per heavy atom. The average molecular weight is 467 g/mol. The molecule has 0 saturated heterocycles. The number of carboxylic acids is 1. The van der Waals surface area contributed by atoms with Crippen LogP contribution < -0.4 is 10.6 Å². The van der Waals surface area contributed by atoms with E-state index in [0.717, 1.165) is 35.1 Å². The molecule has 0 aromatic heterocycles. The number of hydrogen-bond donors (Lipinski definition) is 4. The smallest absolute Gasteiger partial charge is 0.407 e. The molecule has 0 aliphatic heterocycles. The fourth-order valence-electron chi connectivity index (χ4n) is 5.22. The first-order valence-electron chi connectivity index (χ1n) is 11.7. The monoisotopic (exact) mass is 466 g/mol. The minimum absolute atomic E-state index is 0.0652. The topological polar surface area (TPSA) is 125 Å². The van der Waals surface area contributed by atoms with Crippen molar-refractivity contribution in [3.63, 3.8) is 0 Å². The van der Waals surface area contributed by atoms with E-state index in [4.69, 9.17) is 4.74 Å². The van der Waals surface area contributed by atoms with Crippen molar-refractivity contribution in [1.29, 1.82) is 0 Å². The number of aliphatic carboxylic acids is 1. The summed E-state index contributed by atoms with van der Waals surface area (Å²) in [5, 5.41) is 24.0. The van der Waals surface area contributed by atoms with Crippen LogP contribution in [-0.4, -0.2) is 53.0 Å². The first-order chi connectivity index (χ1) is 16.4. The van der Waals surface area contributed by atoms with E-state index in [1.807, 2.05) is 48.5 Å². The van der Waals surface area contributed by atoms with E-state index in [1.165, 1.54) is 0 Å². The van der Waals surface area contributed by atoms with Crippen molar-refractivity contribution in [2.24, 2.45) is 0 Å². The molecule has 4 N–H and O–H groups in total. The molecule has 0 bridgehead atoms. The van der Waals surface area contributed by atoms with Gasteiger partial charge in [0, 0.05) is 18.1 Å². The van der Waals surface area contributed by atoms with Crippen molar-refractivity contribution in [1.82, 2.24) is 10.6 Å². The molecule has 1 saturated carbocycles. The summed E-state index contributed by atoms with van der Waals surface area (Å²) in [4.78, 5) is 36.9. The normalized spacial score (nSPS) is 16.9. The minimum Gasteiger partial charge on any atom is -0.481 e. The molecule has 2 aromatic carbocycles. The molecular weight excluding hydrogens is 436 g/mol. The van der Waals surface area contributed by atoms with Crippen LogP contribution in [0.3, 0.4) is 0 Å². The summed E-state index contributed by atoms with van der Waals surface area (Å²) in [6.07, 6.45) is 2.25. The number of carboxylic acid groups (broad SMARTS) is 1. The summed E-state index contributed by atoms with van der Waals surface area (Å²) in [5.74, 6) is -1.93. The second-order valence-electron chi connectivity index (χ2n) is 9.07. The molecule has 0 radical (unpaired) electrons. The Balaban J connectivity index is 1.42. The first-order valence-corrected chi connectivity index (χ1v) is 11.7. The van der Waals surface area contributed by atoms with Gasteiger partial charge < -0.3 is 25.6 Å². The largest absolute Gasteiger partial charge is 0.481 e. The maximum absolute atomic E-state index is 12.9. The first kappa shape index (κ1) is 23.8. The SMILES string of the molecule is O=C(O)CC(NC(=O)OCC1c2ccccc2-c2ccccc21)C(=O)NC1(CCO)CCCC1. The summed E-state index contributed by atoms with van der Waals surface area (Å²) >= 11 is 0. The van der Waals surface area contributed by atoms with Crippen molar-refractivity contribution in [3.8, 4) is 11.1 Å². The molecule has 180 valence electrons. The number of nitrogens with one attached hydrogen (secondary N) is 2. The van der Waals surface area contributed by atoms with Crippen LogP contribution in [0.25, 0.3) is 11.1 Å². The van der Waals surface area contributed by atoms with Gasteiger partial charge in [0.2, 0.25) is 5.91 Å². The van der Waals surface area contributed by atoms with E-state index in [-0.39, 0.29) is 19.1 Å². The highest BCUT2D eigenvalue weighted by Crippen LogP contribution is 2.44. The van der Waals surface area contributed by atoms with Gasteiger partial charge in [0.15, 0.2) is 0 Å². The lowest BCUT2D eigenvalue weighted by Gasteiger charge is -2.31. The van der Waals surface area contributed by atoms with Crippen LogP contribution >= 0.6 is 0 Å². The third-order valence-electron chi connectivity index (χ3n) is 6.87. The van der Waals surface area contributed by atoms with Gasteiger partial charge in [-0.3, -0.25) is 9.59 Å². The highest BCUT2D eigenvalue weighted by molar-refractivity contribution is 5.89. The summed E-state index contributed by atoms with van der Waals surface area (Å²) in [6.45, 7) is -0.0145. The van der Waals surface area contributed by atoms with Crippen LogP contribution in [0.1, 0.15) is 55.6 Å². The minimum atomic E-state index is -1.27. The summed E-state index contributed by atoms with van der Waals surface area (Å²) < 4.78 is 5.48.